The van der Waals surface area contributed by atoms with E-state index in [9.17, 15) is 9.59 Å². The Morgan fingerprint density at radius 1 is 1.26 bits per heavy atom. The average molecular weight is 283 g/mol. The molecule has 0 atom stereocenters. The van der Waals surface area contributed by atoms with E-state index in [0.29, 0.717) is 24.4 Å². The van der Waals surface area contributed by atoms with Crippen LogP contribution in [0.4, 0.5) is 4.79 Å². The minimum absolute atomic E-state index is 0.332. The molecule has 1 aromatic rings. The monoisotopic (exact) mass is 282 g/mol. The number of nitrogens with one attached hydrogen (secondary N) is 2. The highest BCUT2D eigenvalue weighted by molar-refractivity contribution is 6.30. The maximum absolute atomic E-state index is 11.7. The molecule has 6 heteroatoms. The van der Waals surface area contributed by atoms with E-state index in [1.807, 2.05) is 0 Å². The van der Waals surface area contributed by atoms with Gasteiger partial charge in [-0.3, -0.25) is 0 Å². The molecule has 1 aliphatic rings. The summed E-state index contributed by atoms with van der Waals surface area (Å²) in [6, 6.07) is 6.62. The number of hydrogen-bond acceptors (Lipinski definition) is 2. The standard InChI is InChI=1S/C13H15ClN2O3/c14-10-4-2-9(3-5-10)8-15-12(19)16-13(11(17)18)6-1-7-13/h2-5H,1,6-8H2,(H,17,18)(H2,15,16,19). The minimum atomic E-state index is -1.08. The summed E-state index contributed by atoms with van der Waals surface area (Å²) in [5.41, 5.74) is -0.179. The van der Waals surface area contributed by atoms with Crippen LogP contribution in [0.1, 0.15) is 24.8 Å². The normalized spacial score (nSPS) is 16.3. The molecular formula is C13H15ClN2O3. The van der Waals surface area contributed by atoms with Crippen LogP contribution in [0.3, 0.4) is 0 Å². The molecule has 102 valence electrons. The molecule has 1 saturated carbocycles. The third-order valence-corrected chi connectivity index (χ3v) is 3.59. The Bertz CT molecular complexity index is 483. The highest BCUT2D eigenvalue weighted by Crippen LogP contribution is 2.31. The SMILES string of the molecule is O=C(NCc1ccc(Cl)cc1)NC1(C(=O)O)CCC1. The summed E-state index contributed by atoms with van der Waals surface area (Å²) in [4.78, 5) is 22.8. The lowest BCUT2D eigenvalue weighted by Crippen LogP contribution is -2.61. The van der Waals surface area contributed by atoms with Crippen molar-refractivity contribution in [3.05, 3.63) is 34.9 Å². The molecule has 0 bridgehead atoms. The van der Waals surface area contributed by atoms with Crippen LogP contribution in [-0.2, 0) is 11.3 Å². The number of carboxylic acids is 1. The molecule has 0 radical (unpaired) electrons. The molecule has 1 fully saturated rings. The summed E-state index contributed by atoms with van der Waals surface area (Å²) in [6.07, 6.45) is 1.79. The molecule has 0 aromatic heterocycles. The summed E-state index contributed by atoms with van der Waals surface area (Å²) in [5.74, 6) is -0.972. The van der Waals surface area contributed by atoms with Crippen molar-refractivity contribution in [2.75, 3.05) is 0 Å². The Balaban J connectivity index is 1.85. The first-order chi connectivity index (χ1) is 9.02. The predicted molar refractivity (Wildman–Crippen MR) is 71.0 cm³/mol. The van der Waals surface area contributed by atoms with Crippen LogP contribution in [0.2, 0.25) is 5.02 Å². The zero-order valence-corrected chi connectivity index (χ0v) is 11.0. The first-order valence-corrected chi connectivity index (χ1v) is 6.43. The molecular weight excluding hydrogens is 268 g/mol. The Kier molecular flexibility index (Phi) is 3.95. The summed E-state index contributed by atoms with van der Waals surface area (Å²) < 4.78 is 0. The van der Waals surface area contributed by atoms with E-state index >= 15 is 0 Å². The third kappa shape index (κ3) is 3.17. The van der Waals surface area contributed by atoms with Gasteiger partial charge < -0.3 is 15.7 Å². The topological polar surface area (TPSA) is 78.4 Å². The molecule has 0 saturated heterocycles. The Hall–Kier alpha value is -1.75. The Morgan fingerprint density at radius 2 is 1.89 bits per heavy atom. The number of hydrogen-bond donors (Lipinski definition) is 3. The lowest BCUT2D eigenvalue weighted by atomic mass is 9.77. The summed E-state index contributed by atoms with van der Waals surface area (Å²) >= 11 is 5.76. The summed E-state index contributed by atoms with van der Waals surface area (Å²) in [6.45, 7) is 0.332. The van der Waals surface area contributed by atoms with Crippen LogP contribution in [0.25, 0.3) is 0 Å². The van der Waals surface area contributed by atoms with Crippen molar-refractivity contribution in [3.8, 4) is 0 Å². The van der Waals surface area contributed by atoms with E-state index in [2.05, 4.69) is 10.6 Å². The highest BCUT2D eigenvalue weighted by Gasteiger charge is 2.45. The van der Waals surface area contributed by atoms with Gasteiger partial charge in [0.15, 0.2) is 0 Å². The predicted octanol–water partition coefficient (Wildman–Crippen LogP) is 2.15. The molecule has 5 nitrogen and oxygen atoms in total. The Morgan fingerprint density at radius 3 is 2.37 bits per heavy atom. The van der Waals surface area contributed by atoms with E-state index in [1.165, 1.54) is 0 Å². The van der Waals surface area contributed by atoms with Gasteiger partial charge in [-0.15, -0.1) is 0 Å². The van der Waals surface area contributed by atoms with Crippen molar-refractivity contribution < 1.29 is 14.7 Å². The van der Waals surface area contributed by atoms with Gasteiger partial charge in [0.1, 0.15) is 5.54 Å². The van der Waals surface area contributed by atoms with Gasteiger partial charge in [0, 0.05) is 11.6 Å². The molecule has 1 aromatic carbocycles. The van der Waals surface area contributed by atoms with Crippen LogP contribution in [0, 0.1) is 0 Å². The molecule has 0 aliphatic heterocycles. The number of rotatable bonds is 4. The molecule has 2 amide bonds. The van der Waals surface area contributed by atoms with Crippen molar-refractivity contribution in [2.24, 2.45) is 0 Å². The van der Waals surface area contributed by atoms with Crippen molar-refractivity contribution in [3.63, 3.8) is 0 Å². The zero-order valence-electron chi connectivity index (χ0n) is 10.3. The quantitative estimate of drug-likeness (QED) is 0.792. The second-order valence-corrected chi connectivity index (χ2v) is 5.11. The van der Waals surface area contributed by atoms with Gasteiger partial charge >= 0.3 is 12.0 Å². The molecule has 0 unspecified atom stereocenters. The van der Waals surface area contributed by atoms with Crippen molar-refractivity contribution in [1.82, 2.24) is 10.6 Å². The third-order valence-electron chi connectivity index (χ3n) is 3.34. The average Bonchev–Trinajstić information content (AvgIpc) is 2.32. The fourth-order valence-corrected chi connectivity index (χ4v) is 2.09. The van der Waals surface area contributed by atoms with Crippen LogP contribution in [0.15, 0.2) is 24.3 Å². The molecule has 1 aliphatic carbocycles. The smallest absolute Gasteiger partial charge is 0.329 e. The van der Waals surface area contributed by atoms with Gasteiger partial charge in [-0.2, -0.15) is 0 Å². The number of halogens is 1. The largest absolute Gasteiger partial charge is 0.480 e. The number of benzene rings is 1. The van der Waals surface area contributed by atoms with Gasteiger partial charge in [-0.05, 0) is 37.0 Å². The maximum Gasteiger partial charge on any atom is 0.329 e. The maximum atomic E-state index is 11.7. The fraction of sp³-hybridized carbons (Fsp3) is 0.385. The number of aliphatic carboxylic acids is 1. The second kappa shape index (κ2) is 5.48. The van der Waals surface area contributed by atoms with Crippen LogP contribution in [-0.4, -0.2) is 22.6 Å². The van der Waals surface area contributed by atoms with Gasteiger partial charge in [0.25, 0.3) is 0 Å². The number of amides is 2. The van der Waals surface area contributed by atoms with E-state index in [4.69, 9.17) is 16.7 Å². The molecule has 2 rings (SSSR count). The van der Waals surface area contributed by atoms with Crippen LogP contribution >= 0.6 is 11.6 Å². The second-order valence-electron chi connectivity index (χ2n) is 4.67. The summed E-state index contributed by atoms with van der Waals surface area (Å²) in [5, 5.41) is 14.9. The number of carbonyl (C=O) groups excluding carboxylic acids is 1. The van der Waals surface area contributed by atoms with Gasteiger partial charge in [0.2, 0.25) is 0 Å². The Labute approximate surface area is 116 Å². The lowest BCUT2D eigenvalue weighted by molar-refractivity contribution is -0.148. The first kappa shape index (κ1) is 13.7. The fourth-order valence-electron chi connectivity index (χ4n) is 1.97. The van der Waals surface area contributed by atoms with Crippen LogP contribution in [0.5, 0.6) is 0 Å². The van der Waals surface area contributed by atoms with E-state index in [0.717, 1.165) is 12.0 Å². The van der Waals surface area contributed by atoms with E-state index in [-0.39, 0.29) is 0 Å². The van der Waals surface area contributed by atoms with Gasteiger partial charge in [0.05, 0.1) is 0 Å². The van der Waals surface area contributed by atoms with Crippen molar-refractivity contribution in [1.29, 1.82) is 0 Å². The first-order valence-electron chi connectivity index (χ1n) is 6.06. The number of carbonyl (C=O) groups is 2. The molecule has 0 heterocycles. The molecule has 19 heavy (non-hydrogen) atoms. The molecule has 3 N–H and O–H groups in total. The van der Waals surface area contributed by atoms with Gasteiger partial charge in [-0.1, -0.05) is 23.7 Å². The van der Waals surface area contributed by atoms with E-state index < -0.39 is 17.5 Å². The van der Waals surface area contributed by atoms with E-state index in [1.54, 1.807) is 24.3 Å². The highest BCUT2D eigenvalue weighted by atomic mass is 35.5. The zero-order chi connectivity index (χ0) is 13.9. The molecule has 0 spiro atoms. The van der Waals surface area contributed by atoms with Gasteiger partial charge in [-0.25, -0.2) is 9.59 Å². The minimum Gasteiger partial charge on any atom is -0.480 e. The number of carboxylic acid groups (broad SMARTS) is 1. The van der Waals surface area contributed by atoms with Crippen LogP contribution < -0.4 is 10.6 Å². The summed E-state index contributed by atoms with van der Waals surface area (Å²) in [7, 11) is 0. The van der Waals surface area contributed by atoms with Crippen molar-refractivity contribution in [2.45, 2.75) is 31.3 Å². The lowest BCUT2D eigenvalue weighted by Gasteiger charge is -2.38. The van der Waals surface area contributed by atoms with Crippen molar-refractivity contribution >= 4 is 23.6 Å². The number of urea groups is 1.